The molecule has 4 rings (SSSR count). The molecule has 0 spiro atoms. The van der Waals surface area contributed by atoms with Gasteiger partial charge in [0.05, 0.1) is 11.8 Å². The number of aliphatic hydroxyl groups excluding tert-OH is 1. The molecule has 0 saturated heterocycles. The second-order valence-corrected chi connectivity index (χ2v) is 12.3. The first kappa shape index (κ1) is 25.7. The van der Waals surface area contributed by atoms with E-state index in [1.807, 2.05) is 20.9 Å². The average molecular weight is 474 g/mol. The summed E-state index contributed by atoms with van der Waals surface area (Å²) in [6.07, 6.45) is 10.9. The first-order valence-corrected chi connectivity index (χ1v) is 13.7. The van der Waals surface area contributed by atoms with Crippen LogP contribution in [-0.4, -0.2) is 54.1 Å². The van der Waals surface area contributed by atoms with E-state index >= 15 is 0 Å². The van der Waals surface area contributed by atoms with E-state index in [0.29, 0.717) is 18.4 Å². The Bertz CT molecular complexity index is 824. The Kier molecular flexibility index (Phi) is 7.50. The Balaban J connectivity index is 1.46. The topological polar surface area (TPSA) is 74.2 Å². The van der Waals surface area contributed by atoms with Crippen molar-refractivity contribution in [3.63, 3.8) is 0 Å². The number of fused-ring (bicyclic) bond motifs is 5. The highest BCUT2D eigenvalue weighted by molar-refractivity contribution is 5.85. The molecule has 0 aliphatic heterocycles. The highest BCUT2D eigenvalue weighted by atomic mass is 16.7. The number of likely N-dealkylation sites (N-methyl/N-ethyl adjacent to an activating group) is 1. The maximum atomic E-state index is 12.7. The second-order valence-electron chi connectivity index (χ2n) is 12.3. The molecule has 34 heavy (non-hydrogen) atoms. The molecule has 7 atom stereocenters. The van der Waals surface area contributed by atoms with Crippen molar-refractivity contribution in [2.45, 2.75) is 98.1 Å². The molecule has 0 heterocycles. The first-order valence-electron chi connectivity index (χ1n) is 13.7. The third kappa shape index (κ3) is 4.45. The van der Waals surface area contributed by atoms with Crippen LogP contribution in [0.2, 0.25) is 0 Å². The molecule has 0 aromatic carbocycles. The van der Waals surface area contributed by atoms with Gasteiger partial charge in [0.25, 0.3) is 0 Å². The number of hydrogen-bond acceptors (Lipinski definition) is 5. The number of rotatable bonds is 6. The Morgan fingerprint density at radius 1 is 1.21 bits per heavy atom. The summed E-state index contributed by atoms with van der Waals surface area (Å²) in [7, 11) is 1.89. The van der Waals surface area contributed by atoms with Gasteiger partial charge in [0.1, 0.15) is 0 Å². The predicted molar refractivity (Wildman–Crippen MR) is 137 cm³/mol. The van der Waals surface area contributed by atoms with Gasteiger partial charge in [0.15, 0.2) is 0 Å². The van der Waals surface area contributed by atoms with Gasteiger partial charge < -0.3 is 15.3 Å². The summed E-state index contributed by atoms with van der Waals surface area (Å²) in [5, 5.41) is 17.7. The first-order chi connectivity index (χ1) is 16.1. The predicted octanol–water partition coefficient (Wildman–Crippen LogP) is 5.37. The van der Waals surface area contributed by atoms with Crippen molar-refractivity contribution in [3.8, 4) is 0 Å². The van der Waals surface area contributed by atoms with Crippen molar-refractivity contribution in [2.24, 2.45) is 39.7 Å². The summed E-state index contributed by atoms with van der Waals surface area (Å²) >= 11 is 0. The lowest BCUT2D eigenvalue weighted by molar-refractivity contribution is -0.0479. The van der Waals surface area contributed by atoms with Crippen LogP contribution in [0.1, 0.15) is 86.0 Å². The monoisotopic (exact) mass is 473 g/mol. The van der Waals surface area contributed by atoms with E-state index in [1.54, 1.807) is 4.90 Å². The van der Waals surface area contributed by atoms with Crippen molar-refractivity contribution in [1.82, 2.24) is 10.2 Å². The fraction of sp³-hybridized carbons (Fsp3) is 0.857. The van der Waals surface area contributed by atoms with Gasteiger partial charge in [-0.25, -0.2) is 4.79 Å². The Labute approximate surface area is 206 Å². The van der Waals surface area contributed by atoms with Crippen LogP contribution in [0.15, 0.2) is 16.8 Å². The van der Waals surface area contributed by atoms with Crippen LogP contribution in [0.4, 0.5) is 4.79 Å². The zero-order valence-corrected chi connectivity index (χ0v) is 22.3. The Hall–Kier alpha value is -1.40. The number of nitrogens with zero attached hydrogens (tertiary/aromatic N) is 2. The third-order valence-electron chi connectivity index (χ3n) is 10.3. The van der Waals surface area contributed by atoms with Gasteiger partial charge in [-0.1, -0.05) is 30.7 Å². The molecule has 6 heteroatoms. The molecule has 2 N–H and O–H groups in total. The van der Waals surface area contributed by atoms with Crippen LogP contribution < -0.4 is 5.32 Å². The number of amides is 1. The van der Waals surface area contributed by atoms with E-state index in [-0.39, 0.29) is 29.1 Å². The smallest absolute Gasteiger partial charge is 0.389 e. The summed E-state index contributed by atoms with van der Waals surface area (Å²) in [5.41, 5.74) is 3.02. The molecular formula is C28H47N3O3. The minimum absolute atomic E-state index is 0.0764. The lowest BCUT2D eigenvalue weighted by Gasteiger charge is -2.58. The summed E-state index contributed by atoms with van der Waals surface area (Å²) in [4.78, 5) is 19.9. The van der Waals surface area contributed by atoms with Crippen molar-refractivity contribution in [3.05, 3.63) is 11.6 Å². The maximum Gasteiger partial charge on any atom is 0.436 e. The zero-order valence-electron chi connectivity index (χ0n) is 22.3. The molecule has 3 saturated carbocycles. The van der Waals surface area contributed by atoms with Gasteiger partial charge in [-0.15, -0.1) is 0 Å². The molecule has 4 aliphatic rings. The number of carbonyl (C=O) groups is 1. The molecular weight excluding hydrogens is 426 g/mol. The average Bonchev–Trinajstić information content (AvgIpc) is 3.15. The summed E-state index contributed by atoms with van der Waals surface area (Å²) in [6, 6.07) is 0.0764. The van der Waals surface area contributed by atoms with Gasteiger partial charge in [-0.2, -0.15) is 0 Å². The van der Waals surface area contributed by atoms with Gasteiger partial charge in [0, 0.05) is 25.0 Å². The number of hydrogen-bond donors (Lipinski definition) is 2. The molecule has 4 aliphatic carbocycles. The molecule has 192 valence electrons. The molecule has 0 aromatic rings. The van der Waals surface area contributed by atoms with E-state index in [1.165, 1.54) is 31.3 Å². The quantitative estimate of drug-likeness (QED) is 0.235. The van der Waals surface area contributed by atoms with Gasteiger partial charge in [0.2, 0.25) is 0 Å². The van der Waals surface area contributed by atoms with Crippen LogP contribution in [0.5, 0.6) is 0 Å². The zero-order chi connectivity index (χ0) is 24.7. The largest absolute Gasteiger partial charge is 0.436 e. The van der Waals surface area contributed by atoms with Gasteiger partial charge >= 0.3 is 6.09 Å². The van der Waals surface area contributed by atoms with Gasteiger partial charge in [-0.3, -0.25) is 4.84 Å². The fourth-order valence-electron chi connectivity index (χ4n) is 8.42. The minimum Gasteiger partial charge on any atom is -0.389 e. The standard InChI is InChI=1S/C28H47N3O3/c1-18(2)31(16-15-29-6)26(33)34-30-19(3)23-9-10-24-22-8-7-20-17-21(32)11-13-27(20,4)25(22)12-14-28(23,24)5/h17-18,21-25,29,32H,7-16H2,1-6H3/b30-19+/t21-,22+,23-,24+,25+,27+,28-/m1/s1. The second kappa shape index (κ2) is 9.93. The highest BCUT2D eigenvalue weighted by Crippen LogP contribution is 2.66. The molecule has 1 amide bonds. The fourth-order valence-corrected chi connectivity index (χ4v) is 8.42. The van der Waals surface area contributed by atoms with Crippen molar-refractivity contribution in [1.29, 1.82) is 0 Å². The van der Waals surface area contributed by atoms with E-state index in [4.69, 9.17) is 4.84 Å². The number of oxime groups is 1. The van der Waals surface area contributed by atoms with Crippen LogP contribution in [0.3, 0.4) is 0 Å². The molecule has 0 bridgehead atoms. The molecule has 3 fully saturated rings. The van der Waals surface area contributed by atoms with Gasteiger partial charge in [-0.05, 0) is 108 Å². The Morgan fingerprint density at radius 3 is 2.68 bits per heavy atom. The van der Waals surface area contributed by atoms with Crippen molar-refractivity contribution >= 4 is 11.8 Å². The summed E-state index contributed by atoms with van der Waals surface area (Å²) in [6.45, 7) is 12.4. The summed E-state index contributed by atoms with van der Waals surface area (Å²) < 4.78 is 0. The molecule has 0 radical (unpaired) electrons. The van der Waals surface area contributed by atoms with Crippen molar-refractivity contribution in [2.75, 3.05) is 20.1 Å². The number of aliphatic hydroxyl groups is 1. The van der Waals surface area contributed by atoms with Crippen LogP contribution in [0.25, 0.3) is 0 Å². The molecule has 6 nitrogen and oxygen atoms in total. The number of allylic oxidation sites excluding steroid dienone is 1. The lowest BCUT2D eigenvalue weighted by atomic mass is 9.46. The minimum atomic E-state index is -0.355. The van der Waals surface area contributed by atoms with Crippen LogP contribution in [0, 0.1) is 34.5 Å². The highest BCUT2D eigenvalue weighted by Gasteiger charge is 2.59. The number of carbonyl (C=O) groups excluding carboxylic acids is 1. The Morgan fingerprint density at radius 2 is 1.97 bits per heavy atom. The third-order valence-corrected chi connectivity index (χ3v) is 10.3. The normalized spacial score (nSPS) is 39.7. The van der Waals surface area contributed by atoms with E-state index in [9.17, 15) is 9.90 Å². The van der Waals surface area contributed by atoms with Crippen molar-refractivity contribution < 1.29 is 14.7 Å². The number of nitrogens with one attached hydrogen (secondary N) is 1. The van der Waals surface area contributed by atoms with E-state index in [2.05, 4.69) is 37.3 Å². The summed E-state index contributed by atoms with van der Waals surface area (Å²) in [5.74, 6) is 2.59. The van der Waals surface area contributed by atoms with E-state index < -0.39 is 0 Å². The maximum absolute atomic E-state index is 12.7. The van der Waals surface area contributed by atoms with E-state index in [0.717, 1.165) is 49.8 Å². The SMILES string of the molecule is CNCCN(C(=O)O/N=C(\C)[C@H]1CC[C@H]2[C@@H]3CCC4=C[C@H](O)CC[C@]4(C)[C@H]3CC[C@]12C)C(C)C. The lowest BCUT2D eigenvalue weighted by Crippen LogP contribution is -2.51. The van der Waals surface area contributed by atoms with Crippen LogP contribution in [-0.2, 0) is 4.84 Å². The molecule has 0 aromatic heterocycles. The van der Waals surface area contributed by atoms with Crippen LogP contribution >= 0.6 is 0 Å². The molecule has 0 unspecified atom stereocenters.